The molecule has 35 heavy (non-hydrogen) atoms. The number of hydrogen-bond acceptors (Lipinski definition) is 9. The number of aliphatic hydroxyl groups excluding tert-OH is 1. The number of anilines is 2. The highest BCUT2D eigenvalue weighted by molar-refractivity contribution is 5.78. The van der Waals surface area contributed by atoms with E-state index in [-0.39, 0.29) is 6.54 Å². The molecule has 0 bridgehead atoms. The fourth-order valence-electron chi connectivity index (χ4n) is 4.63. The van der Waals surface area contributed by atoms with Crippen LogP contribution >= 0.6 is 0 Å². The normalized spacial score (nSPS) is 21.3. The Morgan fingerprint density at radius 1 is 1.09 bits per heavy atom. The van der Waals surface area contributed by atoms with Crippen LogP contribution in [0.25, 0.3) is 10.9 Å². The molecule has 0 aromatic carbocycles. The number of pyridine rings is 2. The maximum atomic E-state index is 14.4. The molecule has 0 radical (unpaired) electrons. The number of fused-ring (bicyclic) bond motifs is 1. The molecule has 3 aromatic rings. The van der Waals surface area contributed by atoms with Crippen molar-refractivity contribution in [3.8, 4) is 0 Å². The lowest BCUT2D eigenvalue weighted by Gasteiger charge is -2.37. The van der Waals surface area contributed by atoms with E-state index >= 15 is 0 Å². The fourth-order valence-corrected chi connectivity index (χ4v) is 4.63. The number of likely N-dealkylation sites (N-methyl/N-ethyl adjacent to an activating group) is 1. The van der Waals surface area contributed by atoms with E-state index in [0.717, 1.165) is 50.1 Å². The summed E-state index contributed by atoms with van der Waals surface area (Å²) in [7, 11) is 2.15. The number of nitrogens with zero attached hydrogens (tertiary/aromatic N) is 8. The average Bonchev–Trinajstić information content (AvgIpc) is 2.86. The molecule has 2 aliphatic heterocycles. The molecular weight excluding hydrogens is 447 g/mol. The Hall–Kier alpha value is -2.79. The quantitative estimate of drug-likeness (QED) is 0.572. The van der Waals surface area contributed by atoms with E-state index in [1.54, 1.807) is 25.4 Å². The van der Waals surface area contributed by atoms with Crippen LogP contribution in [0, 0.1) is 0 Å². The molecule has 5 rings (SSSR count). The molecule has 0 spiro atoms. The molecule has 0 unspecified atom stereocenters. The van der Waals surface area contributed by atoms with Gasteiger partial charge in [0.2, 0.25) is 5.95 Å². The number of hydrogen-bond donors (Lipinski definition) is 1. The van der Waals surface area contributed by atoms with Crippen LogP contribution < -0.4 is 5.01 Å². The van der Waals surface area contributed by atoms with E-state index in [2.05, 4.69) is 32.9 Å². The van der Waals surface area contributed by atoms with Crippen LogP contribution in [0.4, 0.5) is 16.2 Å². The zero-order valence-electron chi connectivity index (χ0n) is 20.4. The van der Waals surface area contributed by atoms with Crippen LogP contribution in [0.15, 0.2) is 36.8 Å². The van der Waals surface area contributed by atoms with Crippen molar-refractivity contribution in [2.75, 3.05) is 51.3 Å². The third-order valence-corrected chi connectivity index (χ3v) is 6.75. The Balaban J connectivity index is 1.43. The first-order valence-corrected chi connectivity index (χ1v) is 12.3. The molecule has 186 valence electrons. The van der Waals surface area contributed by atoms with E-state index < -0.39 is 12.3 Å². The van der Waals surface area contributed by atoms with E-state index in [1.165, 1.54) is 0 Å². The van der Waals surface area contributed by atoms with Gasteiger partial charge in [0.1, 0.15) is 12.0 Å². The van der Waals surface area contributed by atoms with E-state index in [0.29, 0.717) is 35.9 Å². The number of halogens is 1. The standard InChI is InChI=1S/C25H33FN8O/c1-18(35)22-12-20-14-29-25(30-23(20)15-27-22)34(33-7-3-4-21(26)17-33)24-6-5-19(13-28-24)16-32-10-8-31(2)9-11-32/h5-6,12-15,18,21,35H,3-4,7-11,16-17H2,1-2H3/t18-,21-/m1/s1. The molecule has 10 heteroatoms. The molecule has 5 heterocycles. The van der Waals surface area contributed by atoms with E-state index in [4.69, 9.17) is 9.97 Å². The summed E-state index contributed by atoms with van der Waals surface area (Å²) in [4.78, 5) is 23.2. The van der Waals surface area contributed by atoms with Gasteiger partial charge in [-0.1, -0.05) is 6.07 Å². The summed E-state index contributed by atoms with van der Waals surface area (Å²) < 4.78 is 14.4. The van der Waals surface area contributed by atoms with Crippen molar-refractivity contribution < 1.29 is 9.50 Å². The number of aliphatic hydroxyl groups is 1. The summed E-state index contributed by atoms with van der Waals surface area (Å²) in [5.74, 6) is 1.09. The first-order valence-electron chi connectivity index (χ1n) is 12.3. The maximum Gasteiger partial charge on any atom is 0.247 e. The predicted octanol–water partition coefficient (Wildman–Crippen LogP) is 2.71. The van der Waals surface area contributed by atoms with Gasteiger partial charge in [-0.25, -0.2) is 29.4 Å². The van der Waals surface area contributed by atoms with Crippen molar-refractivity contribution in [2.24, 2.45) is 0 Å². The average molecular weight is 481 g/mol. The van der Waals surface area contributed by atoms with E-state index in [1.807, 2.05) is 22.3 Å². The molecular formula is C25H33FN8O. The zero-order valence-corrected chi connectivity index (χ0v) is 20.4. The van der Waals surface area contributed by atoms with Gasteiger partial charge in [0, 0.05) is 57.0 Å². The number of alkyl halides is 1. The number of piperidine rings is 1. The third-order valence-electron chi connectivity index (χ3n) is 6.75. The molecule has 1 N–H and O–H groups in total. The van der Waals surface area contributed by atoms with Gasteiger partial charge in [-0.2, -0.15) is 0 Å². The Kier molecular flexibility index (Phi) is 7.14. The van der Waals surface area contributed by atoms with Crippen molar-refractivity contribution in [1.29, 1.82) is 0 Å². The van der Waals surface area contributed by atoms with Crippen LogP contribution in [-0.2, 0) is 6.54 Å². The van der Waals surface area contributed by atoms with Crippen molar-refractivity contribution in [1.82, 2.24) is 34.7 Å². The van der Waals surface area contributed by atoms with Crippen LogP contribution in [-0.4, -0.2) is 92.3 Å². The first kappa shape index (κ1) is 23.9. The van der Waals surface area contributed by atoms with Gasteiger partial charge in [-0.05, 0) is 44.5 Å². The molecule has 2 fully saturated rings. The highest BCUT2D eigenvalue weighted by Crippen LogP contribution is 2.28. The Morgan fingerprint density at radius 3 is 2.63 bits per heavy atom. The van der Waals surface area contributed by atoms with Crippen LogP contribution in [0.5, 0.6) is 0 Å². The fraction of sp³-hybridized carbons (Fsp3) is 0.520. The summed E-state index contributed by atoms with van der Waals surface area (Å²) >= 11 is 0. The lowest BCUT2D eigenvalue weighted by atomic mass is 10.1. The van der Waals surface area contributed by atoms with Crippen molar-refractivity contribution in [2.45, 2.75) is 38.6 Å². The molecule has 2 aliphatic rings. The zero-order chi connectivity index (χ0) is 24.4. The summed E-state index contributed by atoms with van der Waals surface area (Å²) in [5.41, 5.74) is 2.37. The molecule has 9 nitrogen and oxygen atoms in total. The van der Waals surface area contributed by atoms with Gasteiger partial charge in [0.25, 0.3) is 0 Å². The van der Waals surface area contributed by atoms with Crippen LogP contribution in [0.1, 0.15) is 37.1 Å². The van der Waals surface area contributed by atoms with Gasteiger partial charge in [0.05, 0.1) is 30.1 Å². The van der Waals surface area contributed by atoms with Crippen molar-refractivity contribution in [3.05, 3.63) is 48.0 Å². The minimum Gasteiger partial charge on any atom is -0.387 e. The van der Waals surface area contributed by atoms with E-state index in [9.17, 15) is 9.50 Å². The largest absolute Gasteiger partial charge is 0.387 e. The van der Waals surface area contributed by atoms with Gasteiger partial charge in [-0.3, -0.25) is 9.88 Å². The lowest BCUT2D eigenvalue weighted by molar-refractivity contribution is 0.137. The van der Waals surface area contributed by atoms with Crippen molar-refractivity contribution >= 4 is 22.7 Å². The highest BCUT2D eigenvalue weighted by Gasteiger charge is 2.28. The first-order chi connectivity index (χ1) is 17.0. The van der Waals surface area contributed by atoms with Gasteiger partial charge < -0.3 is 10.0 Å². The molecule has 3 aromatic heterocycles. The second kappa shape index (κ2) is 10.4. The summed E-state index contributed by atoms with van der Waals surface area (Å²) in [6, 6.07) is 5.84. The molecule has 2 saturated heterocycles. The van der Waals surface area contributed by atoms with Gasteiger partial charge >= 0.3 is 0 Å². The summed E-state index contributed by atoms with van der Waals surface area (Å²) in [5, 5.41) is 14.4. The summed E-state index contributed by atoms with van der Waals surface area (Å²) in [6.45, 7) is 7.75. The monoisotopic (exact) mass is 480 g/mol. The smallest absolute Gasteiger partial charge is 0.247 e. The highest BCUT2D eigenvalue weighted by atomic mass is 19.1. The van der Waals surface area contributed by atoms with Gasteiger partial charge in [-0.15, -0.1) is 0 Å². The maximum absolute atomic E-state index is 14.4. The molecule has 2 atom stereocenters. The molecule has 0 aliphatic carbocycles. The van der Waals surface area contributed by atoms with Crippen LogP contribution in [0.2, 0.25) is 0 Å². The Bertz CT molecular complexity index is 1140. The van der Waals surface area contributed by atoms with Crippen molar-refractivity contribution in [3.63, 3.8) is 0 Å². The van der Waals surface area contributed by atoms with Gasteiger partial charge in [0.15, 0.2) is 0 Å². The third kappa shape index (κ3) is 5.56. The summed E-state index contributed by atoms with van der Waals surface area (Å²) in [6.07, 6.45) is 5.00. The Labute approximate surface area is 205 Å². The Morgan fingerprint density at radius 2 is 1.91 bits per heavy atom. The number of piperazine rings is 1. The SMILES string of the molecule is C[C@@H](O)c1cc2cnc(N(c3ccc(CN4CCN(C)CC4)cn3)N3CCC[C@@H](F)C3)nc2cn1. The topological polar surface area (TPSA) is 84.8 Å². The molecule has 0 saturated carbocycles. The minimum atomic E-state index is -0.904. The number of rotatable bonds is 6. The molecule has 0 amide bonds. The second-order valence-electron chi connectivity index (χ2n) is 9.58. The van der Waals surface area contributed by atoms with Crippen LogP contribution in [0.3, 0.4) is 0 Å². The number of hydrazine groups is 1. The lowest BCUT2D eigenvalue weighted by Crippen LogP contribution is -2.47. The second-order valence-corrected chi connectivity index (χ2v) is 9.58. The predicted molar refractivity (Wildman–Crippen MR) is 133 cm³/mol. The minimum absolute atomic E-state index is 0.269. The number of aromatic nitrogens is 4.